The summed E-state index contributed by atoms with van der Waals surface area (Å²) in [5, 5.41) is 5.00. The van der Waals surface area contributed by atoms with Crippen molar-refractivity contribution in [3.8, 4) is 5.69 Å². The van der Waals surface area contributed by atoms with Crippen molar-refractivity contribution in [3.63, 3.8) is 0 Å². The van der Waals surface area contributed by atoms with Gasteiger partial charge in [0.15, 0.2) is 0 Å². The molecule has 0 fully saturated rings. The number of carbonyl (C=O) groups excluding carboxylic acids is 3. The highest BCUT2D eigenvalue weighted by Gasteiger charge is 2.31. The Balaban J connectivity index is 1.46. The summed E-state index contributed by atoms with van der Waals surface area (Å²) in [5.74, 6) is -2.62. The van der Waals surface area contributed by atoms with E-state index in [1.165, 1.54) is 30.7 Å². The van der Waals surface area contributed by atoms with Crippen LogP contribution in [0.5, 0.6) is 0 Å². The first-order valence-corrected chi connectivity index (χ1v) is 10.5. The number of rotatable bonds is 5. The number of aryl methyl sites for hydroxylation is 1. The predicted octanol–water partition coefficient (Wildman–Crippen LogP) is 3.56. The van der Waals surface area contributed by atoms with Gasteiger partial charge in [0.1, 0.15) is 0 Å². The molecule has 0 aliphatic carbocycles. The highest BCUT2D eigenvalue weighted by molar-refractivity contribution is 6.43. The largest absolute Gasteiger partial charge is 0.416 e. The second-order valence-corrected chi connectivity index (χ2v) is 7.87. The first-order chi connectivity index (χ1) is 16.6. The van der Waals surface area contributed by atoms with Crippen LogP contribution in [0.2, 0.25) is 0 Å². The number of benzene rings is 2. The van der Waals surface area contributed by atoms with Crippen LogP contribution in [0.25, 0.3) is 16.6 Å². The quantitative estimate of drug-likeness (QED) is 0.229. The summed E-state index contributed by atoms with van der Waals surface area (Å²) < 4.78 is 40.4. The van der Waals surface area contributed by atoms with Crippen LogP contribution in [0.3, 0.4) is 0 Å². The fourth-order valence-electron chi connectivity index (χ4n) is 3.83. The Morgan fingerprint density at radius 1 is 1.03 bits per heavy atom. The van der Waals surface area contributed by atoms with E-state index in [0.29, 0.717) is 5.56 Å². The Hall–Kier alpha value is -4.41. The number of Topliss-reactive ketones (excluding diaryl/α,β-unsaturated/α-hetero) is 1. The molecular weight excluding hydrogens is 463 g/mol. The normalized spacial score (nSPS) is 11.5. The average Bonchev–Trinajstić information content (AvgIpc) is 3.36. The lowest BCUT2D eigenvalue weighted by atomic mass is 10.1. The van der Waals surface area contributed by atoms with E-state index in [9.17, 15) is 27.6 Å². The van der Waals surface area contributed by atoms with Crippen LogP contribution in [0.15, 0.2) is 54.7 Å². The number of nitrogens with zero attached hydrogens (tertiary/aromatic N) is 2. The fraction of sp³-hybridized carbons (Fsp3) is 0.167. The molecule has 4 rings (SSSR count). The number of hydrogen-bond acceptors (Lipinski definition) is 4. The number of amides is 2. The van der Waals surface area contributed by atoms with Crippen LogP contribution in [0.4, 0.5) is 13.2 Å². The minimum Gasteiger partial charge on any atom is -0.361 e. The van der Waals surface area contributed by atoms with E-state index in [-0.39, 0.29) is 29.1 Å². The van der Waals surface area contributed by atoms with Crippen LogP contribution in [0, 0.1) is 13.8 Å². The summed E-state index contributed by atoms with van der Waals surface area (Å²) in [7, 11) is 0. The molecular formula is C24H20F3N5O3. The molecule has 180 valence electrons. The predicted molar refractivity (Wildman–Crippen MR) is 121 cm³/mol. The van der Waals surface area contributed by atoms with Crippen molar-refractivity contribution < 1.29 is 27.6 Å². The fourth-order valence-corrected chi connectivity index (χ4v) is 3.83. The van der Waals surface area contributed by atoms with Crippen molar-refractivity contribution in [2.45, 2.75) is 26.4 Å². The van der Waals surface area contributed by atoms with Gasteiger partial charge in [0.25, 0.3) is 5.78 Å². The number of fused-ring (bicyclic) bond motifs is 1. The maximum Gasteiger partial charge on any atom is 0.416 e. The summed E-state index contributed by atoms with van der Waals surface area (Å²) in [4.78, 5) is 40.5. The highest BCUT2D eigenvalue weighted by Crippen LogP contribution is 2.31. The molecule has 0 saturated carbocycles. The molecule has 3 N–H and O–H groups in total. The average molecular weight is 483 g/mol. The second kappa shape index (κ2) is 9.09. The minimum absolute atomic E-state index is 0.0377. The molecule has 2 amide bonds. The second-order valence-electron chi connectivity index (χ2n) is 7.87. The van der Waals surface area contributed by atoms with Crippen LogP contribution in [-0.4, -0.2) is 32.4 Å². The van der Waals surface area contributed by atoms with E-state index in [1.807, 2.05) is 24.3 Å². The number of para-hydroxylation sites is 1. The lowest BCUT2D eigenvalue weighted by molar-refractivity contribution is -0.137. The molecule has 2 aromatic carbocycles. The third-order valence-corrected chi connectivity index (χ3v) is 5.48. The topological polar surface area (TPSA) is 109 Å². The van der Waals surface area contributed by atoms with Gasteiger partial charge in [-0.3, -0.25) is 25.2 Å². The standard InChI is InChI=1S/C24H20F3N5O3/c1-13-21(14(2)32(31-13)17-7-5-6-16(11-17)24(25,26)27)22(34)23(35)30-29-20(33)10-15-12-28-19-9-4-3-8-18(15)19/h3-9,11-12,28H,10H2,1-2H3,(H,29,33)(H,30,35). The highest BCUT2D eigenvalue weighted by atomic mass is 19.4. The molecule has 35 heavy (non-hydrogen) atoms. The Morgan fingerprint density at radius 2 is 1.77 bits per heavy atom. The Labute approximate surface area is 197 Å². The van der Waals surface area contributed by atoms with E-state index < -0.39 is 29.3 Å². The summed E-state index contributed by atoms with van der Waals surface area (Å²) in [6.45, 7) is 2.93. The maximum absolute atomic E-state index is 13.1. The van der Waals surface area contributed by atoms with Gasteiger partial charge >= 0.3 is 12.1 Å². The Bertz CT molecular complexity index is 1450. The molecule has 11 heteroatoms. The Kier molecular flexibility index (Phi) is 6.16. The van der Waals surface area contributed by atoms with Crippen molar-refractivity contribution in [3.05, 3.63) is 82.8 Å². The third kappa shape index (κ3) is 4.79. The zero-order chi connectivity index (χ0) is 25.3. The smallest absolute Gasteiger partial charge is 0.361 e. The van der Waals surface area contributed by atoms with Gasteiger partial charge in [-0.1, -0.05) is 24.3 Å². The molecule has 0 unspecified atom stereocenters. The maximum atomic E-state index is 13.1. The summed E-state index contributed by atoms with van der Waals surface area (Å²) in [5.41, 5.74) is 5.38. The Morgan fingerprint density at radius 3 is 2.51 bits per heavy atom. The van der Waals surface area contributed by atoms with Gasteiger partial charge in [0, 0.05) is 17.1 Å². The van der Waals surface area contributed by atoms with Gasteiger partial charge in [0.2, 0.25) is 5.91 Å². The van der Waals surface area contributed by atoms with Gasteiger partial charge in [-0.25, -0.2) is 4.68 Å². The van der Waals surface area contributed by atoms with E-state index in [0.717, 1.165) is 23.0 Å². The molecule has 0 aliphatic rings. The van der Waals surface area contributed by atoms with E-state index in [2.05, 4.69) is 20.9 Å². The zero-order valence-electron chi connectivity index (χ0n) is 18.7. The molecule has 0 saturated heterocycles. The first-order valence-electron chi connectivity index (χ1n) is 10.5. The van der Waals surface area contributed by atoms with Crippen LogP contribution in [-0.2, 0) is 22.2 Å². The number of alkyl halides is 3. The summed E-state index contributed by atoms with van der Waals surface area (Å²) in [6.07, 6.45) is -2.90. The SMILES string of the molecule is Cc1nn(-c2cccc(C(F)(F)F)c2)c(C)c1C(=O)C(=O)NNC(=O)Cc1c[nH]c2ccccc12. The molecule has 0 aliphatic heterocycles. The van der Waals surface area contributed by atoms with Crippen molar-refractivity contribution in [2.24, 2.45) is 0 Å². The zero-order valence-corrected chi connectivity index (χ0v) is 18.7. The number of halogens is 3. The summed E-state index contributed by atoms with van der Waals surface area (Å²) in [6, 6.07) is 11.9. The summed E-state index contributed by atoms with van der Waals surface area (Å²) >= 11 is 0. The molecule has 8 nitrogen and oxygen atoms in total. The van der Waals surface area contributed by atoms with Gasteiger partial charge in [0.05, 0.1) is 34.6 Å². The number of H-pyrrole nitrogens is 1. The third-order valence-electron chi connectivity index (χ3n) is 5.48. The van der Waals surface area contributed by atoms with Gasteiger partial charge in [-0.05, 0) is 43.7 Å². The van der Waals surface area contributed by atoms with E-state index >= 15 is 0 Å². The number of aromatic amines is 1. The van der Waals surface area contributed by atoms with Crippen molar-refractivity contribution >= 4 is 28.5 Å². The van der Waals surface area contributed by atoms with Gasteiger partial charge in [-0.2, -0.15) is 18.3 Å². The van der Waals surface area contributed by atoms with Crippen molar-refractivity contribution in [2.75, 3.05) is 0 Å². The molecule has 0 bridgehead atoms. The molecule has 0 radical (unpaired) electrons. The monoisotopic (exact) mass is 483 g/mol. The van der Waals surface area contributed by atoms with Gasteiger partial charge in [-0.15, -0.1) is 0 Å². The molecule has 0 atom stereocenters. The number of carbonyl (C=O) groups is 3. The van der Waals surface area contributed by atoms with E-state index in [1.54, 1.807) is 6.20 Å². The minimum atomic E-state index is -4.55. The molecule has 2 aromatic heterocycles. The van der Waals surface area contributed by atoms with Gasteiger partial charge < -0.3 is 4.98 Å². The van der Waals surface area contributed by atoms with Crippen LogP contribution < -0.4 is 10.9 Å². The lowest BCUT2D eigenvalue weighted by Gasteiger charge is -2.10. The molecule has 2 heterocycles. The van der Waals surface area contributed by atoms with Crippen LogP contribution in [0.1, 0.15) is 32.9 Å². The molecule has 0 spiro atoms. The van der Waals surface area contributed by atoms with E-state index in [4.69, 9.17) is 0 Å². The van der Waals surface area contributed by atoms with Crippen molar-refractivity contribution in [1.29, 1.82) is 0 Å². The number of hydrazine groups is 1. The number of aromatic nitrogens is 3. The molecule has 4 aromatic rings. The number of hydrogen-bond donors (Lipinski definition) is 3. The number of nitrogens with one attached hydrogen (secondary N) is 3. The lowest BCUT2D eigenvalue weighted by Crippen LogP contribution is -2.45. The van der Waals surface area contributed by atoms with Crippen molar-refractivity contribution in [1.82, 2.24) is 25.6 Å². The van der Waals surface area contributed by atoms with Crippen LogP contribution >= 0.6 is 0 Å². The first kappa shape index (κ1) is 23.7. The number of ketones is 1.